The third-order valence-electron chi connectivity index (χ3n) is 0.304. The van der Waals surface area contributed by atoms with Crippen molar-refractivity contribution >= 4 is 12.1 Å². The summed E-state index contributed by atoms with van der Waals surface area (Å²) >= 11 is 1.35. The minimum atomic E-state index is 0.602. The number of hydrogen-bond acceptors (Lipinski definition) is 4. The van der Waals surface area contributed by atoms with Crippen LogP contribution in [0.15, 0.2) is 0 Å². The first-order chi connectivity index (χ1) is 2.50. The van der Waals surface area contributed by atoms with Crippen molar-refractivity contribution in [3.8, 4) is 0 Å². The van der Waals surface area contributed by atoms with Crippen molar-refractivity contribution in [2.24, 2.45) is 0 Å². The molecule has 0 aromatic heterocycles. The molecule has 1 aliphatic rings. The second-order valence-electron chi connectivity index (χ2n) is 0.618. The standard InChI is InChI=1S/CH4N2OS/c1-2-5-3-4-1/h2-3H,1H2. The molecule has 0 atom stereocenters. The number of hydrogen-bond donors (Lipinski definition) is 2. The molecule has 1 saturated heterocycles. The highest BCUT2D eigenvalue weighted by Crippen LogP contribution is 1.89. The van der Waals surface area contributed by atoms with E-state index >= 15 is 0 Å². The molecule has 4 heteroatoms. The second-order valence-corrected chi connectivity index (χ2v) is 1.28. The highest BCUT2D eigenvalue weighted by molar-refractivity contribution is 7.95. The summed E-state index contributed by atoms with van der Waals surface area (Å²) in [4.78, 5) is 7.07. The van der Waals surface area contributed by atoms with Gasteiger partial charge in [0.15, 0.2) is 0 Å². The van der Waals surface area contributed by atoms with Gasteiger partial charge in [-0.25, -0.2) is 4.72 Å². The van der Waals surface area contributed by atoms with E-state index in [9.17, 15) is 0 Å². The molecular formula is CH4N2OS. The monoisotopic (exact) mass is 92.0 g/mol. The summed E-state index contributed by atoms with van der Waals surface area (Å²) in [6.45, 7) is 0.602. The van der Waals surface area contributed by atoms with Crippen molar-refractivity contribution < 1.29 is 4.84 Å². The molecule has 0 bridgehead atoms. The van der Waals surface area contributed by atoms with Crippen LogP contribution in [-0.4, -0.2) is 6.73 Å². The van der Waals surface area contributed by atoms with Gasteiger partial charge in [-0.3, -0.25) is 4.84 Å². The van der Waals surface area contributed by atoms with Crippen LogP contribution in [0.4, 0.5) is 0 Å². The SMILES string of the molecule is C1NSNO1. The molecule has 2 N–H and O–H groups in total. The Hall–Kier alpha value is 0.230. The average Bonchev–Trinajstić information content (AvgIpc) is 1.76. The van der Waals surface area contributed by atoms with E-state index in [0.717, 1.165) is 0 Å². The summed E-state index contributed by atoms with van der Waals surface area (Å²) in [7, 11) is 0. The van der Waals surface area contributed by atoms with E-state index in [0.29, 0.717) is 6.73 Å². The van der Waals surface area contributed by atoms with Gasteiger partial charge in [-0.05, 0) is 0 Å². The quantitative estimate of drug-likeness (QED) is 0.399. The summed E-state index contributed by atoms with van der Waals surface area (Å²) in [6, 6.07) is 0. The maximum Gasteiger partial charge on any atom is 0.129 e. The molecule has 5 heavy (non-hydrogen) atoms. The molecule has 30 valence electrons. The lowest BCUT2D eigenvalue weighted by molar-refractivity contribution is 0.121. The third-order valence-corrected chi connectivity index (χ3v) is 0.767. The van der Waals surface area contributed by atoms with Gasteiger partial charge in [0.05, 0.1) is 0 Å². The summed E-state index contributed by atoms with van der Waals surface area (Å²) in [6.07, 6.45) is 0. The van der Waals surface area contributed by atoms with E-state index in [2.05, 4.69) is 14.4 Å². The Morgan fingerprint density at radius 1 is 1.80 bits per heavy atom. The fourth-order valence-electron chi connectivity index (χ4n) is 0.147. The van der Waals surface area contributed by atoms with Crippen LogP contribution in [0.2, 0.25) is 0 Å². The molecule has 1 fully saturated rings. The van der Waals surface area contributed by atoms with Crippen LogP contribution in [0.3, 0.4) is 0 Å². The van der Waals surface area contributed by atoms with E-state index in [1.165, 1.54) is 12.1 Å². The van der Waals surface area contributed by atoms with Crippen molar-refractivity contribution in [3.63, 3.8) is 0 Å². The van der Waals surface area contributed by atoms with Gasteiger partial charge in [-0.15, -0.1) is 4.89 Å². The van der Waals surface area contributed by atoms with Gasteiger partial charge in [0.2, 0.25) is 0 Å². The van der Waals surface area contributed by atoms with Crippen LogP contribution < -0.4 is 9.61 Å². The summed E-state index contributed by atoms with van der Waals surface area (Å²) in [5.74, 6) is 0. The van der Waals surface area contributed by atoms with Crippen LogP contribution in [0.5, 0.6) is 0 Å². The predicted octanol–water partition coefficient (Wildman–Crippen LogP) is -0.368. The summed E-state index contributed by atoms with van der Waals surface area (Å²) in [5, 5.41) is 0. The molecule has 3 nitrogen and oxygen atoms in total. The first-order valence-corrected chi connectivity index (χ1v) is 2.07. The molecule has 0 radical (unpaired) electrons. The zero-order valence-corrected chi connectivity index (χ0v) is 3.34. The minimum absolute atomic E-state index is 0.602. The highest BCUT2D eigenvalue weighted by atomic mass is 32.2. The second kappa shape index (κ2) is 1.61. The molecule has 0 spiro atoms. The minimum Gasteiger partial charge on any atom is -0.274 e. The van der Waals surface area contributed by atoms with Crippen molar-refractivity contribution in [3.05, 3.63) is 0 Å². The van der Waals surface area contributed by atoms with E-state index < -0.39 is 0 Å². The first kappa shape index (κ1) is 3.42. The predicted molar refractivity (Wildman–Crippen MR) is 19.8 cm³/mol. The summed E-state index contributed by atoms with van der Waals surface area (Å²) < 4.78 is 2.81. The number of nitrogens with one attached hydrogen (secondary N) is 2. The average molecular weight is 92.1 g/mol. The Balaban J connectivity index is 2.08. The lowest BCUT2D eigenvalue weighted by atomic mass is 11.4. The Kier molecular flexibility index (Phi) is 1.10. The topological polar surface area (TPSA) is 33.3 Å². The van der Waals surface area contributed by atoms with Crippen LogP contribution in [-0.2, 0) is 4.84 Å². The molecule has 0 aliphatic carbocycles. The van der Waals surface area contributed by atoms with E-state index in [4.69, 9.17) is 0 Å². The molecule has 0 amide bonds. The molecular weight excluding hydrogens is 88.1 g/mol. The molecule has 1 rings (SSSR count). The maximum atomic E-state index is 4.55. The Morgan fingerprint density at radius 3 is 3.00 bits per heavy atom. The smallest absolute Gasteiger partial charge is 0.129 e. The molecule has 1 aliphatic heterocycles. The van der Waals surface area contributed by atoms with E-state index in [1.54, 1.807) is 0 Å². The molecule has 0 saturated carbocycles. The fraction of sp³-hybridized carbons (Fsp3) is 1.00. The lowest BCUT2D eigenvalue weighted by Gasteiger charge is -1.75. The zero-order valence-electron chi connectivity index (χ0n) is 2.52. The molecule has 0 aromatic carbocycles. The third kappa shape index (κ3) is 0.769. The van der Waals surface area contributed by atoms with Crippen LogP contribution >= 0.6 is 12.1 Å². The van der Waals surface area contributed by atoms with E-state index in [1.807, 2.05) is 0 Å². The van der Waals surface area contributed by atoms with Gasteiger partial charge in [0.25, 0.3) is 0 Å². The van der Waals surface area contributed by atoms with Gasteiger partial charge in [0, 0.05) is 12.1 Å². The van der Waals surface area contributed by atoms with Crippen LogP contribution in [0.1, 0.15) is 0 Å². The van der Waals surface area contributed by atoms with Crippen LogP contribution in [0.25, 0.3) is 0 Å². The van der Waals surface area contributed by atoms with Crippen molar-refractivity contribution in [1.82, 2.24) is 9.61 Å². The summed E-state index contributed by atoms with van der Waals surface area (Å²) in [5.41, 5.74) is 0. The largest absolute Gasteiger partial charge is 0.274 e. The first-order valence-electron chi connectivity index (χ1n) is 1.25. The lowest BCUT2D eigenvalue weighted by Crippen LogP contribution is -1.95. The van der Waals surface area contributed by atoms with Gasteiger partial charge in [0.1, 0.15) is 6.73 Å². The fourth-order valence-corrected chi connectivity index (χ4v) is 0.442. The van der Waals surface area contributed by atoms with E-state index in [-0.39, 0.29) is 0 Å². The maximum absolute atomic E-state index is 4.55. The zero-order chi connectivity index (χ0) is 3.54. The van der Waals surface area contributed by atoms with Gasteiger partial charge in [-0.2, -0.15) is 0 Å². The number of rotatable bonds is 0. The van der Waals surface area contributed by atoms with Gasteiger partial charge < -0.3 is 0 Å². The van der Waals surface area contributed by atoms with Gasteiger partial charge in [-0.1, -0.05) is 0 Å². The molecule has 0 unspecified atom stereocenters. The van der Waals surface area contributed by atoms with Gasteiger partial charge >= 0.3 is 0 Å². The Morgan fingerprint density at radius 2 is 2.80 bits per heavy atom. The highest BCUT2D eigenvalue weighted by Gasteiger charge is 1.92. The van der Waals surface area contributed by atoms with Crippen molar-refractivity contribution in [1.29, 1.82) is 0 Å². The van der Waals surface area contributed by atoms with Crippen LogP contribution in [0, 0.1) is 0 Å². The molecule has 1 heterocycles. The normalized spacial score (nSPS) is 24.0. The molecule has 0 aromatic rings. The van der Waals surface area contributed by atoms with Crippen molar-refractivity contribution in [2.75, 3.05) is 6.73 Å². The Labute approximate surface area is 34.3 Å². The Bertz CT molecular complexity index is 21.2. The van der Waals surface area contributed by atoms with Crippen molar-refractivity contribution in [2.45, 2.75) is 0 Å².